The van der Waals surface area contributed by atoms with Gasteiger partial charge in [0.25, 0.3) is 0 Å². The van der Waals surface area contributed by atoms with Gasteiger partial charge in [-0.2, -0.15) is 0 Å². The smallest absolute Gasteiger partial charge is 0.220 e. The fourth-order valence-corrected chi connectivity index (χ4v) is 4.34. The number of carbonyl (C=O) groups excluding carboxylic acids is 2. The van der Waals surface area contributed by atoms with E-state index in [0.717, 1.165) is 37.6 Å². The predicted octanol–water partition coefficient (Wildman–Crippen LogP) is 5.76. The molecule has 0 aliphatic rings. The summed E-state index contributed by atoms with van der Waals surface area (Å²) in [5.74, 6) is 1.93. The molecule has 0 aromatic heterocycles. The third kappa shape index (κ3) is 24.0. The molecule has 6 nitrogen and oxygen atoms in total. The molecule has 0 aliphatic heterocycles. The highest BCUT2D eigenvalue weighted by Crippen LogP contribution is 2.21. The molecule has 2 amide bonds. The van der Waals surface area contributed by atoms with E-state index in [1.165, 1.54) is 70.6 Å². The van der Waals surface area contributed by atoms with Gasteiger partial charge in [0, 0.05) is 25.9 Å². The van der Waals surface area contributed by atoms with Crippen molar-refractivity contribution in [2.45, 2.75) is 124 Å². The number of aliphatic hydroxyl groups is 1. The lowest BCUT2D eigenvalue weighted by Gasteiger charge is -2.13. The molecular weight excluding hydrogens is 428 g/mol. The van der Waals surface area contributed by atoms with Crippen molar-refractivity contribution in [2.75, 3.05) is 32.9 Å². The van der Waals surface area contributed by atoms with E-state index in [9.17, 15) is 9.59 Å². The van der Waals surface area contributed by atoms with Crippen LogP contribution in [0.5, 0.6) is 0 Å². The number of hydrogen-bond acceptors (Lipinski definition) is 4. The Labute approximate surface area is 210 Å². The number of carbonyl (C=O) groups is 2. The van der Waals surface area contributed by atoms with E-state index in [2.05, 4.69) is 24.5 Å². The number of hydrogen-bond donors (Lipinski definition) is 3. The quantitative estimate of drug-likeness (QED) is 0.144. The Morgan fingerprint density at radius 2 is 1.12 bits per heavy atom. The summed E-state index contributed by atoms with van der Waals surface area (Å²) in [6.07, 6.45) is 18.6. The highest BCUT2D eigenvalue weighted by atomic mass is 16.5. The van der Waals surface area contributed by atoms with Crippen molar-refractivity contribution >= 4 is 11.8 Å². The van der Waals surface area contributed by atoms with Crippen molar-refractivity contribution in [3.05, 3.63) is 0 Å². The highest BCUT2D eigenvalue weighted by Gasteiger charge is 2.06. The lowest BCUT2D eigenvalue weighted by atomic mass is 9.93. The summed E-state index contributed by atoms with van der Waals surface area (Å²) in [5.41, 5.74) is 0. The largest absolute Gasteiger partial charge is 0.394 e. The minimum absolute atomic E-state index is 0.0237. The maximum Gasteiger partial charge on any atom is 0.220 e. The normalized spacial score (nSPS) is 12.9. The zero-order valence-corrected chi connectivity index (χ0v) is 22.7. The maximum atomic E-state index is 11.7. The molecule has 0 saturated heterocycles. The standard InChI is InChI=1S/C28H56N2O4/c1-4-29-27(32)19-11-7-5-9-15-25(2)17-13-14-18-26(3)16-10-6-8-12-20-28(33)30-21-23-34-24-22-31/h25-26,31H,4-24H2,1-3H3,(H,29,32)(H,30,33). The molecular formula is C28H56N2O4. The molecule has 202 valence electrons. The molecule has 0 radical (unpaired) electrons. The van der Waals surface area contributed by atoms with Gasteiger partial charge in [0.1, 0.15) is 0 Å². The molecule has 0 fully saturated rings. The fraction of sp³-hybridized carbons (Fsp3) is 0.929. The summed E-state index contributed by atoms with van der Waals surface area (Å²) >= 11 is 0. The zero-order chi connectivity index (χ0) is 25.3. The molecule has 0 rings (SSSR count). The van der Waals surface area contributed by atoms with E-state index in [0.29, 0.717) is 32.6 Å². The predicted molar refractivity (Wildman–Crippen MR) is 142 cm³/mol. The minimum Gasteiger partial charge on any atom is -0.394 e. The summed E-state index contributed by atoms with van der Waals surface area (Å²) < 4.78 is 5.12. The van der Waals surface area contributed by atoms with Crippen molar-refractivity contribution in [1.29, 1.82) is 0 Å². The molecule has 0 heterocycles. The molecule has 0 aromatic rings. The SMILES string of the molecule is CCNC(=O)CCCCCCC(C)CCCCC(C)CCCCCCC(=O)NCCOCCO. The van der Waals surface area contributed by atoms with E-state index < -0.39 is 0 Å². The second-order valence-corrected chi connectivity index (χ2v) is 10.0. The van der Waals surface area contributed by atoms with Gasteiger partial charge in [-0.3, -0.25) is 9.59 Å². The maximum absolute atomic E-state index is 11.7. The van der Waals surface area contributed by atoms with Crippen LogP contribution < -0.4 is 10.6 Å². The van der Waals surface area contributed by atoms with Gasteiger partial charge in [0.2, 0.25) is 11.8 Å². The van der Waals surface area contributed by atoms with Crippen LogP contribution in [-0.4, -0.2) is 49.8 Å². The van der Waals surface area contributed by atoms with Crippen molar-refractivity contribution in [3.63, 3.8) is 0 Å². The van der Waals surface area contributed by atoms with Crippen molar-refractivity contribution in [2.24, 2.45) is 11.8 Å². The second kappa shape index (κ2) is 25.0. The molecule has 2 atom stereocenters. The minimum atomic E-state index is 0.0237. The summed E-state index contributed by atoms with van der Waals surface area (Å²) in [6, 6.07) is 0. The van der Waals surface area contributed by atoms with Gasteiger partial charge >= 0.3 is 0 Å². The van der Waals surface area contributed by atoms with Crippen LogP contribution in [-0.2, 0) is 14.3 Å². The van der Waals surface area contributed by atoms with Crippen LogP contribution in [0, 0.1) is 11.8 Å². The molecule has 3 N–H and O–H groups in total. The van der Waals surface area contributed by atoms with Crippen LogP contribution >= 0.6 is 0 Å². The topological polar surface area (TPSA) is 87.7 Å². The van der Waals surface area contributed by atoms with Gasteiger partial charge in [-0.1, -0.05) is 90.9 Å². The summed E-state index contributed by atoms with van der Waals surface area (Å²) in [4.78, 5) is 23.1. The van der Waals surface area contributed by atoms with Crippen LogP contribution in [0.25, 0.3) is 0 Å². The molecule has 2 unspecified atom stereocenters. The number of aliphatic hydroxyl groups excluding tert-OH is 1. The van der Waals surface area contributed by atoms with Gasteiger partial charge < -0.3 is 20.5 Å². The van der Waals surface area contributed by atoms with Crippen molar-refractivity contribution < 1.29 is 19.4 Å². The number of ether oxygens (including phenoxy) is 1. The van der Waals surface area contributed by atoms with E-state index in [1.54, 1.807) is 0 Å². The Bertz CT molecular complexity index is 473. The first-order valence-corrected chi connectivity index (χ1v) is 14.2. The first kappa shape index (κ1) is 32.9. The Kier molecular flexibility index (Phi) is 24.1. The van der Waals surface area contributed by atoms with Crippen molar-refractivity contribution in [1.82, 2.24) is 10.6 Å². The zero-order valence-electron chi connectivity index (χ0n) is 22.7. The van der Waals surface area contributed by atoms with E-state index >= 15 is 0 Å². The van der Waals surface area contributed by atoms with E-state index in [1.807, 2.05) is 6.92 Å². The average molecular weight is 485 g/mol. The van der Waals surface area contributed by atoms with Crippen LogP contribution in [0.4, 0.5) is 0 Å². The summed E-state index contributed by atoms with van der Waals surface area (Å²) in [5, 5.41) is 14.3. The van der Waals surface area contributed by atoms with Crippen LogP contribution in [0.15, 0.2) is 0 Å². The van der Waals surface area contributed by atoms with Gasteiger partial charge in [-0.05, 0) is 31.6 Å². The molecule has 0 aromatic carbocycles. The second-order valence-electron chi connectivity index (χ2n) is 10.0. The number of rotatable bonds is 25. The van der Waals surface area contributed by atoms with E-state index in [-0.39, 0.29) is 18.4 Å². The van der Waals surface area contributed by atoms with Gasteiger partial charge in [-0.15, -0.1) is 0 Å². The Morgan fingerprint density at radius 1 is 0.676 bits per heavy atom. The van der Waals surface area contributed by atoms with Gasteiger partial charge in [0.05, 0.1) is 19.8 Å². The highest BCUT2D eigenvalue weighted by molar-refractivity contribution is 5.76. The summed E-state index contributed by atoms with van der Waals surface area (Å²) in [7, 11) is 0. The number of nitrogens with one attached hydrogen (secondary N) is 2. The molecule has 0 aliphatic carbocycles. The number of amides is 2. The van der Waals surface area contributed by atoms with Crippen LogP contribution in [0.2, 0.25) is 0 Å². The summed E-state index contributed by atoms with van der Waals surface area (Å²) in [6.45, 7) is 8.82. The fourth-order valence-electron chi connectivity index (χ4n) is 4.34. The average Bonchev–Trinajstić information content (AvgIpc) is 2.81. The molecule has 34 heavy (non-hydrogen) atoms. The van der Waals surface area contributed by atoms with Crippen LogP contribution in [0.3, 0.4) is 0 Å². The number of unbranched alkanes of at least 4 members (excludes halogenated alkanes) is 7. The molecule has 0 saturated carbocycles. The van der Waals surface area contributed by atoms with Crippen molar-refractivity contribution in [3.8, 4) is 0 Å². The molecule has 0 bridgehead atoms. The van der Waals surface area contributed by atoms with E-state index in [4.69, 9.17) is 9.84 Å². The first-order valence-electron chi connectivity index (χ1n) is 14.2. The first-order chi connectivity index (χ1) is 16.5. The molecule has 0 spiro atoms. The van der Waals surface area contributed by atoms with Gasteiger partial charge in [0.15, 0.2) is 0 Å². The lowest BCUT2D eigenvalue weighted by molar-refractivity contribution is -0.122. The van der Waals surface area contributed by atoms with Gasteiger partial charge in [-0.25, -0.2) is 0 Å². The van der Waals surface area contributed by atoms with Crippen LogP contribution in [0.1, 0.15) is 124 Å². The Balaban J connectivity index is 3.41. The lowest BCUT2D eigenvalue weighted by Crippen LogP contribution is -2.27. The Hall–Kier alpha value is -1.14. The third-order valence-corrected chi connectivity index (χ3v) is 6.52. The third-order valence-electron chi connectivity index (χ3n) is 6.52. The monoisotopic (exact) mass is 484 g/mol. The Morgan fingerprint density at radius 3 is 1.59 bits per heavy atom. The molecule has 6 heteroatoms.